The number of rotatable bonds is 7. The lowest BCUT2D eigenvalue weighted by molar-refractivity contribution is -0.119. The van der Waals surface area contributed by atoms with Gasteiger partial charge in [0, 0.05) is 28.6 Å². The van der Waals surface area contributed by atoms with Crippen molar-refractivity contribution in [1.29, 1.82) is 0 Å². The number of nitrogens with one attached hydrogen (secondary N) is 3. The summed E-state index contributed by atoms with van der Waals surface area (Å²) in [4.78, 5) is 40.0. The highest BCUT2D eigenvalue weighted by molar-refractivity contribution is 7.13. The quantitative estimate of drug-likeness (QED) is 0.676. The van der Waals surface area contributed by atoms with Gasteiger partial charge in [-0.25, -0.2) is 4.98 Å². The summed E-state index contributed by atoms with van der Waals surface area (Å²) >= 11 is 1.28. The molecule has 1 aromatic carbocycles. The molecule has 27 heavy (non-hydrogen) atoms. The number of hydrogen-bond donors (Lipinski definition) is 3. The predicted octanol–water partition coefficient (Wildman–Crippen LogP) is 3.51. The molecule has 8 heteroatoms. The summed E-state index contributed by atoms with van der Waals surface area (Å²) < 4.78 is 0. The summed E-state index contributed by atoms with van der Waals surface area (Å²) in [6.07, 6.45) is 0.0939. The Morgan fingerprint density at radius 2 is 1.56 bits per heavy atom. The third-order valence-electron chi connectivity index (χ3n) is 3.59. The molecule has 3 N–H and O–H groups in total. The van der Waals surface area contributed by atoms with Crippen molar-refractivity contribution >= 4 is 45.6 Å². The van der Waals surface area contributed by atoms with Crippen molar-refractivity contribution in [2.75, 3.05) is 16.0 Å². The van der Waals surface area contributed by atoms with E-state index < -0.39 is 0 Å². The van der Waals surface area contributed by atoms with Crippen LogP contribution < -0.4 is 16.0 Å². The fourth-order valence-corrected chi connectivity index (χ4v) is 2.74. The van der Waals surface area contributed by atoms with Crippen LogP contribution in [0, 0.1) is 11.8 Å². The lowest BCUT2D eigenvalue weighted by Crippen LogP contribution is -2.18. The minimum absolute atomic E-state index is 0.0862. The molecule has 0 saturated carbocycles. The second-order valence-corrected chi connectivity index (χ2v) is 7.60. The van der Waals surface area contributed by atoms with Gasteiger partial charge in [-0.2, -0.15) is 0 Å². The molecule has 144 valence electrons. The number of hydrogen-bond acceptors (Lipinski definition) is 5. The molecule has 0 unspecified atom stereocenters. The summed E-state index contributed by atoms with van der Waals surface area (Å²) in [6.45, 7) is 7.23. The maximum Gasteiger partial charge on any atom is 0.230 e. The smallest absolute Gasteiger partial charge is 0.230 e. The van der Waals surface area contributed by atoms with Gasteiger partial charge in [0.2, 0.25) is 17.7 Å². The first-order valence-corrected chi connectivity index (χ1v) is 9.58. The van der Waals surface area contributed by atoms with Gasteiger partial charge in [-0.15, -0.1) is 11.3 Å². The number of amides is 3. The zero-order valence-electron chi connectivity index (χ0n) is 15.8. The molecular weight excluding hydrogens is 364 g/mol. The van der Waals surface area contributed by atoms with Crippen LogP contribution in [-0.4, -0.2) is 22.7 Å². The van der Waals surface area contributed by atoms with Gasteiger partial charge in [0.05, 0.1) is 12.1 Å². The number of carbonyl (C=O) groups excluding carboxylic acids is 3. The van der Waals surface area contributed by atoms with Crippen LogP contribution in [-0.2, 0) is 20.8 Å². The lowest BCUT2D eigenvalue weighted by atomic mass is 10.2. The molecule has 2 aromatic rings. The average molecular weight is 388 g/mol. The van der Waals surface area contributed by atoms with Crippen molar-refractivity contribution in [3.8, 4) is 0 Å². The Hall–Kier alpha value is -2.74. The molecule has 0 spiro atoms. The van der Waals surface area contributed by atoms with E-state index in [1.165, 1.54) is 11.3 Å². The maximum absolute atomic E-state index is 12.2. The second kappa shape index (κ2) is 9.27. The zero-order chi connectivity index (χ0) is 20.0. The van der Waals surface area contributed by atoms with Crippen molar-refractivity contribution in [3.63, 3.8) is 0 Å². The monoisotopic (exact) mass is 388 g/mol. The number of aromatic nitrogens is 1. The normalized spacial score (nSPS) is 10.7. The highest BCUT2D eigenvalue weighted by Gasteiger charge is 2.13. The number of nitrogens with zero attached hydrogens (tertiary/aromatic N) is 1. The molecule has 0 bridgehead atoms. The lowest BCUT2D eigenvalue weighted by Gasteiger charge is -2.10. The summed E-state index contributed by atoms with van der Waals surface area (Å²) in [5.41, 5.74) is 1.80. The van der Waals surface area contributed by atoms with Crippen LogP contribution in [0.3, 0.4) is 0 Å². The van der Waals surface area contributed by atoms with E-state index in [4.69, 9.17) is 0 Å². The van der Waals surface area contributed by atoms with Gasteiger partial charge < -0.3 is 16.0 Å². The number of anilines is 3. The summed E-state index contributed by atoms with van der Waals surface area (Å²) in [5.74, 6) is -0.686. The summed E-state index contributed by atoms with van der Waals surface area (Å²) in [6, 6.07) is 6.97. The summed E-state index contributed by atoms with van der Waals surface area (Å²) in [5, 5.41) is 10.5. The van der Waals surface area contributed by atoms with Crippen LogP contribution in [0.25, 0.3) is 0 Å². The van der Waals surface area contributed by atoms with Gasteiger partial charge in [-0.3, -0.25) is 14.4 Å². The van der Waals surface area contributed by atoms with E-state index in [1.807, 2.05) is 13.8 Å². The predicted molar refractivity (Wildman–Crippen MR) is 108 cm³/mol. The average Bonchev–Trinajstić information content (AvgIpc) is 3.01. The highest BCUT2D eigenvalue weighted by Crippen LogP contribution is 2.19. The molecule has 0 fully saturated rings. The van der Waals surface area contributed by atoms with Crippen molar-refractivity contribution in [3.05, 3.63) is 35.3 Å². The molecule has 2 rings (SSSR count). The Morgan fingerprint density at radius 1 is 0.963 bits per heavy atom. The molecule has 0 radical (unpaired) electrons. The minimum Gasteiger partial charge on any atom is -0.326 e. The van der Waals surface area contributed by atoms with Crippen molar-refractivity contribution in [1.82, 2.24) is 4.98 Å². The van der Waals surface area contributed by atoms with Crippen LogP contribution in [0.15, 0.2) is 29.6 Å². The maximum atomic E-state index is 12.2. The van der Waals surface area contributed by atoms with Gasteiger partial charge in [-0.1, -0.05) is 33.8 Å². The Morgan fingerprint density at radius 3 is 2.19 bits per heavy atom. The molecule has 1 heterocycles. The highest BCUT2D eigenvalue weighted by atomic mass is 32.1. The second-order valence-electron chi connectivity index (χ2n) is 6.74. The van der Waals surface area contributed by atoms with Gasteiger partial charge >= 0.3 is 0 Å². The van der Waals surface area contributed by atoms with Crippen molar-refractivity contribution in [2.24, 2.45) is 11.8 Å². The Bertz CT molecular complexity index is 830. The number of benzene rings is 1. The standard InChI is InChI=1S/C19H24N4O3S/c1-11(2)17(25)21-14-7-5-6-13(8-14)20-16(24)9-15-10-27-19(22-15)23-18(26)12(3)4/h5-8,10-12H,9H2,1-4H3,(H,20,24)(H,21,25)(H,22,23,26). The van der Waals surface area contributed by atoms with Crippen LogP contribution >= 0.6 is 11.3 Å². The summed E-state index contributed by atoms with van der Waals surface area (Å²) in [7, 11) is 0. The topological polar surface area (TPSA) is 100 Å². The first kappa shape index (κ1) is 20.6. The molecule has 3 amide bonds. The molecule has 0 aliphatic carbocycles. The molecule has 0 aliphatic rings. The van der Waals surface area contributed by atoms with E-state index in [2.05, 4.69) is 20.9 Å². The zero-order valence-corrected chi connectivity index (χ0v) is 16.6. The van der Waals surface area contributed by atoms with Crippen LogP contribution in [0.2, 0.25) is 0 Å². The molecule has 1 aromatic heterocycles. The van der Waals surface area contributed by atoms with Gasteiger partial charge in [0.1, 0.15) is 0 Å². The fourth-order valence-electron chi connectivity index (χ4n) is 2.03. The number of thiazole rings is 1. The molecule has 0 saturated heterocycles. The van der Waals surface area contributed by atoms with E-state index in [0.29, 0.717) is 22.2 Å². The van der Waals surface area contributed by atoms with E-state index in [-0.39, 0.29) is 36.0 Å². The molecule has 0 atom stereocenters. The molecule has 0 aliphatic heterocycles. The Kier molecular flexibility index (Phi) is 7.06. The van der Waals surface area contributed by atoms with Gasteiger partial charge in [0.25, 0.3) is 0 Å². The fraction of sp³-hybridized carbons (Fsp3) is 0.368. The number of carbonyl (C=O) groups is 3. The third kappa shape index (κ3) is 6.49. The van der Waals surface area contributed by atoms with Gasteiger partial charge in [-0.05, 0) is 18.2 Å². The van der Waals surface area contributed by atoms with E-state index >= 15 is 0 Å². The van der Waals surface area contributed by atoms with E-state index in [0.717, 1.165) is 0 Å². The first-order valence-electron chi connectivity index (χ1n) is 8.70. The first-order chi connectivity index (χ1) is 12.7. The minimum atomic E-state index is -0.227. The van der Waals surface area contributed by atoms with Crippen molar-refractivity contribution < 1.29 is 14.4 Å². The van der Waals surface area contributed by atoms with E-state index in [1.54, 1.807) is 43.5 Å². The third-order valence-corrected chi connectivity index (χ3v) is 4.39. The largest absolute Gasteiger partial charge is 0.326 e. The van der Waals surface area contributed by atoms with Gasteiger partial charge in [0.15, 0.2) is 5.13 Å². The SMILES string of the molecule is CC(C)C(=O)Nc1cccc(NC(=O)Cc2csc(NC(=O)C(C)C)n2)c1. The molecular formula is C19H24N4O3S. The van der Waals surface area contributed by atoms with Crippen LogP contribution in [0.4, 0.5) is 16.5 Å². The van der Waals surface area contributed by atoms with E-state index in [9.17, 15) is 14.4 Å². The van der Waals surface area contributed by atoms with Crippen LogP contribution in [0.5, 0.6) is 0 Å². The Balaban J connectivity index is 1.93. The van der Waals surface area contributed by atoms with Crippen LogP contribution in [0.1, 0.15) is 33.4 Å². The molecule has 7 nitrogen and oxygen atoms in total. The van der Waals surface area contributed by atoms with Crippen molar-refractivity contribution in [2.45, 2.75) is 34.1 Å². The Labute approximate surface area is 162 Å².